The average molecular weight is 256 g/mol. The van der Waals surface area contributed by atoms with Gasteiger partial charge in [0, 0.05) is 18.6 Å². The minimum Gasteiger partial charge on any atom is -0.496 e. The Labute approximate surface area is 104 Å². The third kappa shape index (κ3) is 2.79. The summed E-state index contributed by atoms with van der Waals surface area (Å²) in [6, 6.07) is 1.70. The van der Waals surface area contributed by atoms with E-state index in [0.29, 0.717) is 10.6 Å². The summed E-state index contributed by atoms with van der Waals surface area (Å²) >= 11 is 1.33. The van der Waals surface area contributed by atoms with E-state index in [9.17, 15) is 4.79 Å². The topological polar surface area (TPSA) is 44.8 Å². The molecule has 4 nitrogen and oxygen atoms in total. The lowest BCUT2D eigenvalue weighted by atomic mass is 10.2. The van der Waals surface area contributed by atoms with Gasteiger partial charge in [-0.05, 0) is 19.3 Å². The lowest BCUT2D eigenvalue weighted by Crippen LogP contribution is -2.27. The molecule has 5 heteroatoms. The number of thiophene rings is 1. The van der Waals surface area contributed by atoms with E-state index in [1.165, 1.54) is 11.3 Å². The summed E-state index contributed by atoms with van der Waals surface area (Å²) in [5.74, 6) is 0.406. The van der Waals surface area contributed by atoms with Crippen LogP contribution in [0.4, 0.5) is 0 Å². The van der Waals surface area contributed by atoms with Gasteiger partial charge < -0.3 is 14.2 Å². The first kappa shape index (κ1) is 12.4. The van der Waals surface area contributed by atoms with Gasteiger partial charge in [0.25, 0.3) is 0 Å². The zero-order valence-corrected chi connectivity index (χ0v) is 10.8. The summed E-state index contributed by atoms with van der Waals surface area (Å²) in [6.07, 6.45) is 2.82. The number of carbonyl (C=O) groups excluding carboxylic acids is 1. The molecule has 1 saturated carbocycles. The number of ether oxygens (including phenoxy) is 3. The van der Waals surface area contributed by atoms with Crippen LogP contribution < -0.4 is 4.74 Å². The molecule has 94 valence electrons. The van der Waals surface area contributed by atoms with Crippen molar-refractivity contribution in [2.75, 3.05) is 14.2 Å². The molecule has 0 aromatic carbocycles. The Hall–Kier alpha value is -1.07. The fourth-order valence-electron chi connectivity index (χ4n) is 2.02. The second kappa shape index (κ2) is 5.51. The molecule has 1 aromatic rings. The van der Waals surface area contributed by atoms with Crippen LogP contribution in [-0.2, 0) is 9.47 Å². The molecule has 1 heterocycles. The van der Waals surface area contributed by atoms with E-state index in [4.69, 9.17) is 14.2 Å². The Bertz CT molecular complexity index is 388. The molecule has 1 aliphatic rings. The first-order chi connectivity index (χ1) is 8.24. The highest BCUT2D eigenvalue weighted by atomic mass is 32.1. The van der Waals surface area contributed by atoms with Crippen molar-refractivity contribution in [2.24, 2.45) is 0 Å². The predicted molar refractivity (Wildman–Crippen MR) is 64.7 cm³/mol. The molecule has 1 aromatic heterocycles. The fraction of sp³-hybridized carbons (Fsp3) is 0.583. The van der Waals surface area contributed by atoms with Crippen molar-refractivity contribution in [1.82, 2.24) is 0 Å². The molecule has 1 fully saturated rings. The second-order valence-electron chi connectivity index (χ2n) is 4.00. The molecular weight excluding hydrogens is 240 g/mol. The van der Waals surface area contributed by atoms with Gasteiger partial charge in [-0.25, -0.2) is 4.79 Å². The number of hydrogen-bond donors (Lipinski definition) is 0. The van der Waals surface area contributed by atoms with E-state index >= 15 is 0 Å². The van der Waals surface area contributed by atoms with Gasteiger partial charge in [-0.1, -0.05) is 0 Å². The Morgan fingerprint density at radius 2 is 2.12 bits per heavy atom. The van der Waals surface area contributed by atoms with E-state index in [0.717, 1.165) is 19.3 Å². The molecule has 0 saturated heterocycles. The Balaban J connectivity index is 1.96. The number of esters is 1. The van der Waals surface area contributed by atoms with Crippen LogP contribution in [0.1, 0.15) is 28.9 Å². The maximum Gasteiger partial charge on any atom is 0.348 e. The van der Waals surface area contributed by atoms with Crippen molar-refractivity contribution in [3.8, 4) is 5.75 Å². The Kier molecular flexibility index (Phi) is 4.02. The van der Waals surface area contributed by atoms with Gasteiger partial charge in [0.05, 0.1) is 13.2 Å². The fourth-order valence-corrected chi connectivity index (χ4v) is 2.76. The van der Waals surface area contributed by atoms with Crippen molar-refractivity contribution >= 4 is 17.3 Å². The third-order valence-corrected chi connectivity index (χ3v) is 3.85. The lowest BCUT2D eigenvalue weighted by Gasteiger charge is -2.18. The molecular formula is C12H16O4S. The number of hydrogen-bond acceptors (Lipinski definition) is 5. The minimum absolute atomic E-state index is 0.0424. The maximum absolute atomic E-state index is 11.9. The third-order valence-electron chi connectivity index (χ3n) is 2.97. The van der Waals surface area contributed by atoms with Crippen molar-refractivity contribution in [3.63, 3.8) is 0 Å². The van der Waals surface area contributed by atoms with Gasteiger partial charge >= 0.3 is 5.97 Å². The number of carbonyl (C=O) groups is 1. The van der Waals surface area contributed by atoms with Gasteiger partial charge in [0.2, 0.25) is 0 Å². The first-order valence-corrected chi connectivity index (χ1v) is 6.49. The molecule has 2 rings (SSSR count). The van der Waals surface area contributed by atoms with Gasteiger partial charge in [-0.2, -0.15) is 0 Å². The summed E-state index contributed by atoms with van der Waals surface area (Å²) in [5.41, 5.74) is 0. The highest BCUT2D eigenvalue weighted by molar-refractivity contribution is 7.12. The van der Waals surface area contributed by atoms with E-state index in [1.807, 2.05) is 0 Å². The number of methoxy groups -OCH3 is 2. The first-order valence-electron chi connectivity index (χ1n) is 5.61. The smallest absolute Gasteiger partial charge is 0.348 e. The van der Waals surface area contributed by atoms with Crippen molar-refractivity contribution in [3.05, 3.63) is 16.3 Å². The van der Waals surface area contributed by atoms with Crippen LogP contribution in [0.2, 0.25) is 0 Å². The normalized spacial score (nSPS) is 23.6. The summed E-state index contributed by atoms with van der Waals surface area (Å²) in [6.45, 7) is 0. The zero-order valence-electron chi connectivity index (χ0n) is 9.97. The van der Waals surface area contributed by atoms with Crippen LogP contribution in [-0.4, -0.2) is 32.4 Å². The average Bonchev–Trinajstić information content (AvgIpc) is 2.96. The zero-order chi connectivity index (χ0) is 12.3. The standard InChI is InChI=1S/C12H16O4S/c1-14-8-6-11(17-7-8)12(13)16-10-5-3-4-9(10)15-2/h6-7,9-10H,3-5H2,1-2H3/t9-,10+/m0/s1. The van der Waals surface area contributed by atoms with Crippen molar-refractivity contribution in [2.45, 2.75) is 31.5 Å². The highest BCUT2D eigenvalue weighted by Crippen LogP contribution is 2.27. The minimum atomic E-state index is -0.285. The van der Waals surface area contributed by atoms with E-state index < -0.39 is 0 Å². The van der Waals surface area contributed by atoms with E-state index in [2.05, 4.69) is 0 Å². The van der Waals surface area contributed by atoms with Crippen LogP contribution in [0.25, 0.3) is 0 Å². The molecule has 17 heavy (non-hydrogen) atoms. The van der Waals surface area contributed by atoms with Crippen LogP contribution >= 0.6 is 11.3 Å². The lowest BCUT2D eigenvalue weighted by molar-refractivity contribution is -0.0203. The molecule has 0 spiro atoms. The van der Waals surface area contributed by atoms with E-state index in [-0.39, 0.29) is 18.2 Å². The highest BCUT2D eigenvalue weighted by Gasteiger charge is 2.31. The van der Waals surface area contributed by atoms with Crippen molar-refractivity contribution < 1.29 is 19.0 Å². The quantitative estimate of drug-likeness (QED) is 0.776. The summed E-state index contributed by atoms with van der Waals surface area (Å²) in [5, 5.41) is 1.79. The van der Waals surface area contributed by atoms with Crippen LogP contribution in [0.15, 0.2) is 11.4 Å². The Morgan fingerprint density at radius 1 is 1.35 bits per heavy atom. The van der Waals surface area contributed by atoms with E-state index in [1.54, 1.807) is 25.7 Å². The van der Waals surface area contributed by atoms with Gasteiger partial charge in [-0.3, -0.25) is 0 Å². The van der Waals surface area contributed by atoms with Crippen molar-refractivity contribution in [1.29, 1.82) is 0 Å². The second-order valence-corrected chi connectivity index (χ2v) is 4.91. The SMILES string of the molecule is COc1csc(C(=O)O[C@@H]2CCC[C@@H]2OC)c1. The van der Waals surface area contributed by atoms with Gasteiger partial charge in [0.1, 0.15) is 16.7 Å². The molecule has 0 N–H and O–H groups in total. The summed E-state index contributed by atoms with van der Waals surface area (Å²) in [4.78, 5) is 12.4. The van der Waals surface area contributed by atoms with Gasteiger partial charge in [-0.15, -0.1) is 11.3 Å². The Morgan fingerprint density at radius 3 is 2.76 bits per heavy atom. The molecule has 0 radical (unpaired) electrons. The largest absolute Gasteiger partial charge is 0.496 e. The monoisotopic (exact) mass is 256 g/mol. The molecule has 0 amide bonds. The summed E-state index contributed by atoms with van der Waals surface area (Å²) < 4.78 is 15.8. The molecule has 0 unspecified atom stereocenters. The maximum atomic E-state index is 11.9. The van der Waals surface area contributed by atoms with Gasteiger partial charge in [0.15, 0.2) is 0 Å². The van der Waals surface area contributed by atoms with Crippen LogP contribution in [0.5, 0.6) is 5.75 Å². The molecule has 0 bridgehead atoms. The van der Waals surface area contributed by atoms with Crippen LogP contribution in [0, 0.1) is 0 Å². The predicted octanol–water partition coefficient (Wildman–Crippen LogP) is 2.48. The summed E-state index contributed by atoms with van der Waals surface area (Å²) in [7, 11) is 3.24. The molecule has 1 aliphatic carbocycles. The van der Waals surface area contributed by atoms with Crippen LogP contribution in [0.3, 0.4) is 0 Å². The number of rotatable bonds is 4. The molecule has 0 aliphatic heterocycles. The molecule has 2 atom stereocenters.